The molecule has 1 saturated carbocycles. The van der Waals surface area contributed by atoms with E-state index >= 15 is 0 Å². The number of nitriles is 1. The minimum Gasteiger partial charge on any atom is -0.423 e. The third kappa shape index (κ3) is 3.06. The average molecular weight is 309 g/mol. The van der Waals surface area contributed by atoms with Crippen molar-refractivity contribution in [2.24, 2.45) is 0 Å². The van der Waals surface area contributed by atoms with Crippen molar-refractivity contribution in [3.8, 4) is 6.07 Å². The molecule has 0 amide bonds. The number of oxazole rings is 1. The second-order valence-electron chi connectivity index (χ2n) is 6.18. The standard InChI is InChI=1S/C17H19N5O/c18-11-15-17(23-16(20-15)13-4-5-13)22-9-7-21(8-10-22)12-14-3-1-2-6-19-14/h1-3,6,13H,4-5,7-10,12H2. The van der Waals surface area contributed by atoms with Crippen LogP contribution in [0.25, 0.3) is 0 Å². The average Bonchev–Trinajstić information content (AvgIpc) is 3.36. The van der Waals surface area contributed by atoms with E-state index < -0.39 is 0 Å². The molecule has 3 heterocycles. The molecule has 0 unspecified atom stereocenters. The Bertz CT molecular complexity index is 708. The number of piperazine rings is 1. The van der Waals surface area contributed by atoms with Crippen molar-refractivity contribution in [3.63, 3.8) is 0 Å². The van der Waals surface area contributed by atoms with E-state index in [0.29, 0.717) is 17.5 Å². The highest BCUT2D eigenvalue weighted by molar-refractivity contribution is 5.48. The fraction of sp³-hybridized carbons (Fsp3) is 0.471. The second-order valence-corrected chi connectivity index (χ2v) is 6.18. The van der Waals surface area contributed by atoms with Crippen LogP contribution in [0, 0.1) is 11.3 Å². The van der Waals surface area contributed by atoms with Gasteiger partial charge >= 0.3 is 0 Å². The molecular weight excluding hydrogens is 290 g/mol. The van der Waals surface area contributed by atoms with E-state index in [1.807, 2.05) is 18.3 Å². The molecule has 4 rings (SSSR count). The van der Waals surface area contributed by atoms with Gasteiger partial charge in [-0.3, -0.25) is 9.88 Å². The van der Waals surface area contributed by atoms with Gasteiger partial charge in [-0.1, -0.05) is 6.07 Å². The van der Waals surface area contributed by atoms with Crippen molar-refractivity contribution in [1.82, 2.24) is 14.9 Å². The van der Waals surface area contributed by atoms with Gasteiger partial charge in [-0.05, 0) is 25.0 Å². The number of pyridine rings is 1. The molecule has 1 aliphatic heterocycles. The lowest BCUT2D eigenvalue weighted by atomic mass is 10.2. The van der Waals surface area contributed by atoms with Gasteiger partial charge in [0.2, 0.25) is 17.5 Å². The molecule has 0 aromatic carbocycles. The van der Waals surface area contributed by atoms with Crippen molar-refractivity contribution in [3.05, 3.63) is 41.7 Å². The van der Waals surface area contributed by atoms with Crippen LogP contribution in [0.4, 0.5) is 5.88 Å². The Labute approximate surface area is 135 Å². The molecule has 23 heavy (non-hydrogen) atoms. The molecule has 0 atom stereocenters. The molecule has 0 N–H and O–H groups in total. The molecule has 118 valence electrons. The van der Waals surface area contributed by atoms with Crippen molar-refractivity contribution in [1.29, 1.82) is 5.26 Å². The number of hydrogen-bond acceptors (Lipinski definition) is 6. The van der Waals surface area contributed by atoms with Crippen LogP contribution < -0.4 is 4.90 Å². The number of nitrogens with zero attached hydrogens (tertiary/aromatic N) is 5. The van der Waals surface area contributed by atoms with Gasteiger partial charge in [-0.25, -0.2) is 4.98 Å². The molecule has 2 fully saturated rings. The maximum absolute atomic E-state index is 9.29. The van der Waals surface area contributed by atoms with Gasteiger partial charge in [-0.15, -0.1) is 0 Å². The lowest BCUT2D eigenvalue weighted by molar-refractivity contribution is 0.243. The predicted molar refractivity (Wildman–Crippen MR) is 84.9 cm³/mol. The first-order valence-electron chi connectivity index (χ1n) is 8.11. The fourth-order valence-corrected chi connectivity index (χ4v) is 2.95. The van der Waals surface area contributed by atoms with Gasteiger partial charge in [0.25, 0.3) is 0 Å². The van der Waals surface area contributed by atoms with E-state index in [1.165, 1.54) is 0 Å². The Hall–Kier alpha value is -2.39. The maximum Gasteiger partial charge on any atom is 0.234 e. The van der Waals surface area contributed by atoms with Gasteiger partial charge in [-0.2, -0.15) is 5.26 Å². The molecule has 1 aliphatic carbocycles. The van der Waals surface area contributed by atoms with E-state index in [0.717, 1.165) is 57.2 Å². The van der Waals surface area contributed by atoms with Crippen LogP contribution >= 0.6 is 0 Å². The predicted octanol–water partition coefficient (Wildman–Crippen LogP) is 2.14. The highest BCUT2D eigenvalue weighted by Crippen LogP contribution is 2.41. The molecule has 2 aromatic rings. The van der Waals surface area contributed by atoms with Gasteiger partial charge < -0.3 is 9.32 Å². The third-order valence-electron chi connectivity index (χ3n) is 4.43. The molecule has 6 nitrogen and oxygen atoms in total. The summed E-state index contributed by atoms with van der Waals surface area (Å²) in [6, 6.07) is 8.19. The summed E-state index contributed by atoms with van der Waals surface area (Å²) in [6.07, 6.45) is 4.09. The first-order chi connectivity index (χ1) is 11.3. The number of hydrogen-bond donors (Lipinski definition) is 0. The maximum atomic E-state index is 9.29. The van der Waals surface area contributed by atoms with Crippen molar-refractivity contribution < 1.29 is 4.42 Å². The summed E-state index contributed by atoms with van der Waals surface area (Å²) in [6.45, 7) is 4.42. The van der Waals surface area contributed by atoms with Gasteiger partial charge in [0.1, 0.15) is 6.07 Å². The summed E-state index contributed by atoms with van der Waals surface area (Å²) < 4.78 is 5.88. The SMILES string of the molecule is N#Cc1nc(C2CC2)oc1N1CCN(Cc2ccccn2)CC1. The topological polar surface area (TPSA) is 69.2 Å². The Morgan fingerprint density at radius 1 is 1.22 bits per heavy atom. The monoisotopic (exact) mass is 309 g/mol. The van der Waals surface area contributed by atoms with Crippen LogP contribution in [0.1, 0.15) is 36.0 Å². The van der Waals surface area contributed by atoms with Crippen LogP contribution in [-0.2, 0) is 6.54 Å². The highest BCUT2D eigenvalue weighted by atomic mass is 16.4. The van der Waals surface area contributed by atoms with Crippen LogP contribution in [0.15, 0.2) is 28.8 Å². The lowest BCUT2D eigenvalue weighted by Gasteiger charge is -2.34. The quantitative estimate of drug-likeness (QED) is 0.862. The number of anilines is 1. The fourth-order valence-electron chi connectivity index (χ4n) is 2.95. The molecule has 0 bridgehead atoms. The van der Waals surface area contributed by atoms with Gasteiger partial charge in [0.15, 0.2) is 0 Å². The molecule has 2 aliphatic rings. The molecule has 6 heteroatoms. The molecule has 1 saturated heterocycles. The molecule has 2 aromatic heterocycles. The second kappa shape index (κ2) is 6.01. The Morgan fingerprint density at radius 3 is 2.70 bits per heavy atom. The lowest BCUT2D eigenvalue weighted by Crippen LogP contribution is -2.46. The first kappa shape index (κ1) is 14.2. The van der Waals surface area contributed by atoms with Crippen molar-refractivity contribution in [2.45, 2.75) is 25.3 Å². The molecular formula is C17H19N5O. The summed E-state index contributed by atoms with van der Waals surface area (Å²) in [7, 11) is 0. The minimum atomic E-state index is 0.432. The van der Waals surface area contributed by atoms with E-state index in [2.05, 4.69) is 31.9 Å². The van der Waals surface area contributed by atoms with Crippen LogP contribution in [0.5, 0.6) is 0 Å². The van der Waals surface area contributed by atoms with Crippen LogP contribution in [0.2, 0.25) is 0 Å². The summed E-state index contributed by atoms with van der Waals surface area (Å²) in [5.41, 5.74) is 1.53. The first-order valence-corrected chi connectivity index (χ1v) is 8.11. The van der Waals surface area contributed by atoms with Crippen LogP contribution in [0.3, 0.4) is 0 Å². The molecule has 0 radical (unpaired) electrons. The van der Waals surface area contributed by atoms with Crippen molar-refractivity contribution >= 4 is 5.88 Å². The zero-order valence-corrected chi connectivity index (χ0v) is 13.0. The van der Waals surface area contributed by atoms with Crippen molar-refractivity contribution in [2.75, 3.05) is 31.1 Å². The zero-order valence-electron chi connectivity index (χ0n) is 13.0. The number of rotatable bonds is 4. The zero-order chi connectivity index (χ0) is 15.6. The van der Waals surface area contributed by atoms with E-state index in [9.17, 15) is 5.26 Å². The smallest absolute Gasteiger partial charge is 0.234 e. The normalized spacial score (nSPS) is 18.8. The van der Waals surface area contributed by atoms with E-state index in [-0.39, 0.29) is 0 Å². The largest absolute Gasteiger partial charge is 0.423 e. The summed E-state index contributed by atoms with van der Waals surface area (Å²) in [5.74, 6) is 1.83. The van der Waals surface area contributed by atoms with Gasteiger partial charge in [0.05, 0.1) is 5.69 Å². The van der Waals surface area contributed by atoms with Crippen LogP contribution in [-0.4, -0.2) is 41.0 Å². The third-order valence-corrected chi connectivity index (χ3v) is 4.43. The highest BCUT2D eigenvalue weighted by Gasteiger charge is 2.32. The molecule has 0 spiro atoms. The van der Waals surface area contributed by atoms with Gasteiger partial charge in [0, 0.05) is 44.8 Å². The minimum absolute atomic E-state index is 0.432. The Kier molecular flexibility index (Phi) is 3.72. The summed E-state index contributed by atoms with van der Waals surface area (Å²) >= 11 is 0. The number of aromatic nitrogens is 2. The Morgan fingerprint density at radius 2 is 2.04 bits per heavy atom. The van der Waals surface area contributed by atoms with E-state index in [4.69, 9.17) is 4.42 Å². The van der Waals surface area contributed by atoms with E-state index in [1.54, 1.807) is 0 Å². The Balaban J connectivity index is 1.40. The summed E-state index contributed by atoms with van der Waals surface area (Å²) in [5, 5.41) is 9.29. The summed E-state index contributed by atoms with van der Waals surface area (Å²) in [4.78, 5) is 13.3.